The zero-order valence-corrected chi connectivity index (χ0v) is 11.1. The second-order valence-corrected chi connectivity index (χ2v) is 5.43. The molecule has 1 amide bonds. The maximum absolute atomic E-state index is 11.9. The number of β-amino-alcohol motifs (C(OH)–C–C–N with tert-alkyl or cyclic N) is 1. The molecular formula is C12H25N3O2. The quantitative estimate of drug-likeness (QED) is 0.707. The van der Waals surface area contributed by atoms with Crippen LogP contribution in [-0.4, -0.2) is 65.2 Å². The number of hydrogen-bond acceptors (Lipinski definition) is 4. The van der Waals surface area contributed by atoms with E-state index in [1.54, 1.807) is 13.8 Å². The molecule has 17 heavy (non-hydrogen) atoms. The molecule has 0 aromatic heterocycles. The molecule has 1 heterocycles. The summed E-state index contributed by atoms with van der Waals surface area (Å²) in [6, 6.07) is -0.365. The standard InChI is InChI=1S/C12H25N3O2/c1-4-10(13)11(16)15-7-5-14(6-8-15)9-12(2,3)17/h10,17H,4-9,13H2,1-3H3. The third kappa shape index (κ3) is 4.61. The van der Waals surface area contributed by atoms with Crippen LogP contribution >= 0.6 is 0 Å². The summed E-state index contributed by atoms with van der Waals surface area (Å²) >= 11 is 0. The molecule has 1 saturated heterocycles. The molecule has 0 aromatic carbocycles. The van der Waals surface area contributed by atoms with Gasteiger partial charge in [-0.2, -0.15) is 0 Å². The molecule has 0 aromatic rings. The van der Waals surface area contributed by atoms with Gasteiger partial charge in [-0.1, -0.05) is 6.92 Å². The predicted molar refractivity (Wildman–Crippen MR) is 67.6 cm³/mol. The molecular weight excluding hydrogens is 218 g/mol. The van der Waals surface area contributed by atoms with Crippen LogP contribution in [0, 0.1) is 0 Å². The van der Waals surface area contributed by atoms with E-state index in [1.165, 1.54) is 0 Å². The van der Waals surface area contributed by atoms with Crippen LogP contribution in [0.2, 0.25) is 0 Å². The molecule has 0 saturated carbocycles. The Morgan fingerprint density at radius 1 is 1.35 bits per heavy atom. The second-order valence-electron chi connectivity index (χ2n) is 5.43. The Balaban J connectivity index is 2.38. The average Bonchev–Trinajstić information content (AvgIpc) is 2.26. The predicted octanol–water partition coefficient (Wildman–Crippen LogP) is -0.361. The fourth-order valence-electron chi connectivity index (χ4n) is 2.08. The van der Waals surface area contributed by atoms with Crippen molar-refractivity contribution in [2.24, 2.45) is 5.73 Å². The van der Waals surface area contributed by atoms with Crippen molar-refractivity contribution >= 4 is 5.91 Å². The average molecular weight is 243 g/mol. The Hall–Kier alpha value is -0.650. The lowest BCUT2D eigenvalue weighted by Gasteiger charge is -2.38. The molecule has 0 radical (unpaired) electrons. The van der Waals surface area contributed by atoms with Crippen LogP contribution < -0.4 is 5.73 Å². The Morgan fingerprint density at radius 3 is 2.29 bits per heavy atom. The minimum absolute atomic E-state index is 0.0513. The highest BCUT2D eigenvalue weighted by Gasteiger charge is 2.26. The number of carbonyl (C=O) groups is 1. The smallest absolute Gasteiger partial charge is 0.239 e. The lowest BCUT2D eigenvalue weighted by atomic mass is 10.1. The third-order valence-electron chi connectivity index (χ3n) is 3.05. The molecule has 1 rings (SSSR count). The lowest BCUT2D eigenvalue weighted by molar-refractivity contribution is -0.134. The molecule has 1 fully saturated rings. The molecule has 1 aliphatic rings. The molecule has 0 spiro atoms. The van der Waals surface area contributed by atoms with Crippen molar-refractivity contribution in [3.05, 3.63) is 0 Å². The molecule has 0 aliphatic carbocycles. The topological polar surface area (TPSA) is 69.8 Å². The van der Waals surface area contributed by atoms with Crippen molar-refractivity contribution in [3.63, 3.8) is 0 Å². The minimum atomic E-state index is -0.675. The van der Waals surface area contributed by atoms with Gasteiger partial charge in [-0.25, -0.2) is 0 Å². The van der Waals surface area contributed by atoms with E-state index in [4.69, 9.17) is 5.73 Å². The lowest BCUT2D eigenvalue weighted by Crippen LogP contribution is -2.55. The van der Waals surface area contributed by atoms with Crippen molar-refractivity contribution in [1.82, 2.24) is 9.80 Å². The van der Waals surface area contributed by atoms with Gasteiger partial charge in [0.25, 0.3) is 0 Å². The second kappa shape index (κ2) is 5.80. The number of hydrogen-bond donors (Lipinski definition) is 2. The van der Waals surface area contributed by atoms with Crippen LogP contribution in [0.15, 0.2) is 0 Å². The zero-order chi connectivity index (χ0) is 13.1. The number of nitrogens with two attached hydrogens (primary N) is 1. The Labute approximate surface area is 104 Å². The fraction of sp³-hybridized carbons (Fsp3) is 0.917. The van der Waals surface area contributed by atoms with E-state index < -0.39 is 5.60 Å². The SMILES string of the molecule is CCC(N)C(=O)N1CCN(CC(C)(C)O)CC1. The molecule has 1 aliphatic heterocycles. The van der Waals surface area contributed by atoms with Gasteiger partial charge in [0, 0.05) is 32.7 Å². The van der Waals surface area contributed by atoms with Gasteiger partial charge in [0.2, 0.25) is 5.91 Å². The first-order valence-electron chi connectivity index (χ1n) is 6.32. The van der Waals surface area contributed by atoms with Crippen LogP contribution in [-0.2, 0) is 4.79 Å². The monoisotopic (exact) mass is 243 g/mol. The number of carbonyl (C=O) groups excluding carboxylic acids is 1. The first kappa shape index (κ1) is 14.4. The van der Waals surface area contributed by atoms with Crippen molar-refractivity contribution in [2.75, 3.05) is 32.7 Å². The zero-order valence-electron chi connectivity index (χ0n) is 11.1. The van der Waals surface area contributed by atoms with E-state index in [1.807, 2.05) is 11.8 Å². The van der Waals surface area contributed by atoms with E-state index in [0.717, 1.165) is 13.1 Å². The number of nitrogens with zero attached hydrogens (tertiary/aromatic N) is 2. The normalized spacial score (nSPS) is 20.4. The highest BCUT2D eigenvalue weighted by Crippen LogP contribution is 2.09. The molecule has 3 N–H and O–H groups in total. The maximum Gasteiger partial charge on any atom is 0.239 e. The summed E-state index contributed by atoms with van der Waals surface area (Å²) in [7, 11) is 0. The van der Waals surface area contributed by atoms with Crippen LogP contribution in [0.5, 0.6) is 0 Å². The Bertz CT molecular complexity index is 255. The van der Waals surface area contributed by atoms with Crippen LogP contribution in [0.25, 0.3) is 0 Å². The summed E-state index contributed by atoms with van der Waals surface area (Å²) in [4.78, 5) is 15.9. The largest absolute Gasteiger partial charge is 0.389 e. The Morgan fingerprint density at radius 2 is 1.88 bits per heavy atom. The summed E-state index contributed by atoms with van der Waals surface area (Å²) in [6.07, 6.45) is 0.683. The van der Waals surface area contributed by atoms with E-state index in [-0.39, 0.29) is 11.9 Å². The van der Waals surface area contributed by atoms with E-state index in [0.29, 0.717) is 26.1 Å². The van der Waals surface area contributed by atoms with Crippen molar-refractivity contribution in [1.29, 1.82) is 0 Å². The molecule has 100 valence electrons. The Kier molecular flexibility index (Phi) is 4.91. The molecule has 5 heteroatoms. The highest BCUT2D eigenvalue weighted by molar-refractivity contribution is 5.81. The van der Waals surface area contributed by atoms with Crippen LogP contribution in [0.1, 0.15) is 27.2 Å². The van der Waals surface area contributed by atoms with E-state index >= 15 is 0 Å². The van der Waals surface area contributed by atoms with Gasteiger partial charge in [0.15, 0.2) is 0 Å². The number of rotatable bonds is 4. The molecule has 0 bridgehead atoms. The summed E-state index contributed by atoms with van der Waals surface area (Å²) in [5, 5.41) is 9.73. The fourth-order valence-corrected chi connectivity index (χ4v) is 2.08. The van der Waals surface area contributed by atoms with Crippen molar-refractivity contribution in [3.8, 4) is 0 Å². The maximum atomic E-state index is 11.9. The van der Waals surface area contributed by atoms with Gasteiger partial charge in [0.05, 0.1) is 11.6 Å². The van der Waals surface area contributed by atoms with E-state index in [9.17, 15) is 9.90 Å². The van der Waals surface area contributed by atoms with Gasteiger partial charge in [-0.05, 0) is 20.3 Å². The molecule has 1 unspecified atom stereocenters. The van der Waals surface area contributed by atoms with Gasteiger partial charge >= 0.3 is 0 Å². The van der Waals surface area contributed by atoms with Gasteiger partial charge in [0.1, 0.15) is 0 Å². The van der Waals surface area contributed by atoms with Crippen molar-refractivity contribution < 1.29 is 9.90 Å². The summed E-state index contributed by atoms with van der Waals surface area (Å²) in [6.45, 7) is 9.22. The summed E-state index contributed by atoms with van der Waals surface area (Å²) < 4.78 is 0. The van der Waals surface area contributed by atoms with Gasteiger partial charge in [-0.15, -0.1) is 0 Å². The van der Waals surface area contributed by atoms with Crippen LogP contribution in [0.4, 0.5) is 0 Å². The summed E-state index contributed by atoms with van der Waals surface area (Å²) in [5.74, 6) is 0.0513. The first-order valence-corrected chi connectivity index (χ1v) is 6.32. The third-order valence-corrected chi connectivity index (χ3v) is 3.05. The first-order chi connectivity index (χ1) is 7.83. The number of aliphatic hydroxyl groups is 1. The van der Waals surface area contributed by atoms with Gasteiger partial charge in [-0.3, -0.25) is 9.69 Å². The van der Waals surface area contributed by atoms with Gasteiger partial charge < -0.3 is 15.7 Å². The summed E-state index contributed by atoms with van der Waals surface area (Å²) in [5.41, 5.74) is 5.06. The van der Waals surface area contributed by atoms with E-state index in [2.05, 4.69) is 4.90 Å². The van der Waals surface area contributed by atoms with Crippen molar-refractivity contribution in [2.45, 2.75) is 38.8 Å². The minimum Gasteiger partial charge on any atom is -0.389 e. The van der Waals surface area contributed by atoms with Crippen LogP contribution in [0.3, 0.4) is 0 Å². The molecule has 5 nitrogen and oxygen atoms in total. The number of piperazine rings is 1. The molecule has 1 atom stereocenters. The highest BCUT2D eigenvalue weighted by atomic mass is 16.3. The number of amides is 1.